The van der Waals surface area contributed by atoms with Crippen molar-refractivity contribution in [2.24, 2.45) is 0 Å². The number of nitrogens with zero attached hydrogens (tertiary/aromatic N) is 2. The molecule has 0 aliphatic carbocycles. The van der Waals surface area contributed by atoms with E-state index in [9.17, 15) is 9.59 Å². The van der Waals surface area contributed by atoms with Gasteiger partial charge in [-0.2, -0.15) is 5.10 Å². The lowest BCUT2D eigenvalue weighted by molar-refractivity contribution is -0.121. The number of hydrogen-bond donors (Lipinski definition) is 1. The van der Waals surface area contributed by atoms with Crippen LogP contribution >= 0.6 is 11.3 Å². The number of benzene rings is 1. The van der Waals surface area contributed by atoms with Gasteiger partial charge in [-0.25, -0.2) is 4.68 Å². The van der Waals surface area contributed by atoms with Gasteiger partial charge >= 0.3 is 0 Å². The maximum absolute atomic E-state index is 11.9. The number of ketones is 1. The first kappa shape index (κ1) is 16.1. The van der Waals surface area contributed by atoms with Crippen LogP contribution in [0.5, 0.6) is 0 Å². The summed E-state index contributed by atoms with van der Waals surface area (Å²) in [5.74, 6) is -0.106. The Balaban J connectivity index is 1.49. The largest absolute Gasteiger partial charge is 0.352 e. The number of amides is 1. The Bertz CT molecular complexity index is 811. The fourth-order valence-electron chi connectivity index (χ4n) is 2.31. The molecule has 6 heteroatoms. The Labute approximate surface area is 143 Å². The van der Waals surface area contributed by atoms with Crippen molar-refractivity contribution in [3.8, 4) is 5.69 Å². The van der Waals surface area contributed by atoms with E-state index in [1.807, 2.05) is 48.0 Å². The molecule has 0 unspecified atom stereocenters. The molecule has 5 nitrogen and oxygen atoms in total. The third-order valence-corrected chi connectivity index (χ3v) is 4.46. The van der Waals surface area contributed by atoms with Crippen molar-refractivity contribution >= 4 is 23.0 Å². The highest BCUT2D eigenvalue weighted by Gasteiger charge is 2.10. The van der Waals surface area contributed by atoms with E-state index < -0.39 is 0 Å². The van der Waals surface area contributed by atoms with Crippen molar-refractivity contribution in [3.63, 3.8) is 0 Å². The highest BCUT2D eigenvalue weighted by Crippen LogP contribution is 2.12. The molecule has 3 rings (SSSR count). The zero-order chi connectivity index (χ0) is 16.8. The van der Waals surface area contributed by atoms with Crippen LogP contribution in [-0.4, -0.2) is 21.5 Å². The monoisotopic (exact) mass is 339 g/mol. The highest BCUT2D eigenvalue weighted by molar-refractivity contribution is 7.12. The summed E-state index contributed by atoms with van der Waals surface area (Å²) in [6.07, 6.45) is 4.03. The van der Waals surface area contributed by atoms with Gasteiger partial charge in [0.05, 0.1) is 10.6 Å². The molecular weight excluding hydrogens is 322 g/mol. The first-order valence-corrected chi connectivity index (χ1v) is 8.53. The number of Topliss-reactive ketones (excluding diaryl/α,β-unsaturated/α-hetero) is 1. The molecular formula is C18H17N3O2S. The number of carbonyl (C=O) groups is 2. The quantitative estimate of drug-likeness (QED) is 0.672. The van der Waals surface area contributed by atoms with Gasteiger partial charge in [0.15, 0.2) is 5.78 Å². The fourth-order valence-corrected chi connectivity index (χ4v) is 3.00. The lowest BCUT2D eigenvalue weighted by Crippen LogP contribution is -2.23. The molecule has 0 saturated carbocycles. The van der Waals surface area contributed by atoms with Crippen molar-refractivity contribution in [1.29, 1.82) is 0 Å². The third-order valence-electron chi connectivity index (χ3n) is 3.54. The minimum Gasteiger partial charge on any atom is -0.352 e. The average Bonchev–Trinajstić information content (AvgIpc) is 3.31. The Morgan fingerprint density at radius 1 is 1.12 bits per heavy atom. The van der Waals surface area contributed by atoms with E-state index in [0.29, 0.717) is 11.4 Å². The molecule has 0 aliphatic rings. The fraction of sp³-hybridized carbons (Fsp3) is 0.167. The Hall–Kier alpha value is -2.73. The maximum atomic E-state index is 11.9. The van der Waals surface area contributed by atoms with Crippen LogP contribution in [0.4, 0.5) is 0 Å². The summed E-state index contributed by atoms with van der Waals surface area (Å²) in [4.78, 5) is 24.5. The highest BCUT2D eigenvalue weighted by atomic mass is 32.1. The first-order chi connectivity index (χ1) is 11.7. The molecule has 3 aromatic rings. The normalized spacial score (nSPS) is 10.5. The summed E-state index contributed by atoms with van der Waals surface area (Å²) in [7, 11) is 0. The number of hydrogen-bond acceptors (Lipinski definition) is 4. The van der Waals surface area contributed by atoms with Crippen molar-refractivity contribution in [2.45, 2.75) is 19.4 Å². The van der Waals surface area contributed by atoms with Crippen LogP contribution in [0.3, 0.4) is 0 Å². The van der Waals surface area contributed by atoms with E-state index in [1.54, 1.807) is 16.9 Å². The first-order valence-electron chi connectivity index (χ1n) is 7.65. The molecule has 0 saturated heterocycles. The molecule has 2 heterocycles. The van der Waals surface area contributed by atoms with Gasteiger partial charge in [0.2, 0.25) is 5.91 Å². The van der Waals surface area contributed by atoms with Gasteiger partial charge in [0, 0.05) is 31.8 Å². The second-order valence-corrected chi connectivity index (χ2v) is 6.25. The molecule has 1 amide bonds. The molecule has 122 valence electrons. The minimum absolute atomic E-state index is 0.0147. The summed E-state index contributed by atoms with van der Waals surface area (Å²) >= 11 is 1.40. The molecule has 0 radical (unpaired) electrons. The predicted octanol–water partition coefficient (Wildman–Crippen LogP) is 3.21. The summed E-state index contributed by atoms with van der Waals surface area (Å²) in [5, 5.41) is 8.90. The smallest absolute Gasteiger partial charge is 0.220 e. The van der Waals surface area contributed by atoms with Crippen molar-refractivity contribution in [1.82, 2.24) is 15.1 Å². The van der Waals surface area contributed by atoms with Crippen LogP contribution in [-0.2, 0) is 11.3 Å². The molecule has 0 atom stereocenters. The lowest BCUT2D eigenvalue weighted by atomic mass is 10.1. The second kappa shape index (κ2) is 7.70. The molecule has 2 aromatic heterocycles. The molecule has 0 fully saturated rings. The molecule has 24 heavy (non-hydrogen) atoms. The number of nitrogens with one attached hydrogen (secondary N) is 1. The summed E-state index contributed by atoms with van der Waals surface area (Å²) in [6.45, 7) is 0.432. The van der Waals surface area contributed by atoms with E-state index in [4.69, 9.17) is 0 Å². The van der Waals surface area contributed by atoms with Crippen LogP contribution in [0.2, 0.25) is 0 Å². The minimum atomic E-state index is -0.121. The van der Waals surface area contributed by atoms with Gasteiger partial charge in [-0.05, 0) is 35.2 Å². The topological polar surface area (TPSA) is 64.0 Å². The van der Waals surface area contributed by atoms with E-state index >= 15 is 0 Å². The van der Waals surface area contributed by atoms with Gasteiger partial charge in [0.25, 0.3) is 0 Å². The Kier molecular flexibility index (Phi) is 5.18. The van der Waals surface area contributed by atoms with E-state index in [2.05, 4.69) is 10.4 Å². The van der Waals surface area contributed by atoms with E-state index in [-0.39, 0.29) is 24.5 Å². The lowest BCUT2D eigenvalue weighted by Gasteiger charge is -2.07. The SMILES string of the molecule is O=C(CCC(=O)c1cccs1)NCc1cccc(-n2cccn2)c1. The predicted molar refractivity (Wildman–Crippen MR) is 93.3 cm³/mol. The van der Waals surface area contributed by atoms with Gasteiger partial charge in [-0.15, -0.1) is 11.3 Å². The van der Waals surface area contributed by atoms with Crippen LogP contribution in [0.15, 0.2) is 60.2 Å². The third kappa shape index (κ3) is 4.17. The van der Waals surface area contributed by atoms with Gasteiger partial charge < -0.3 is 5.32 Å². The number of thiophene rings is 1. The number of rotatable bonds is 7. The van der Waals surface area contributed by atoms with Crippen molar-refractivity contribution in [2.75, 3.05) is 0 Å². The number of carbonyl (C=O) groups excluding carboxylic acids is 2. The summed E-state index contributed by atoms with van der Waals surface area (Å²) < 4.78 is 1.77. The van der Waals surface area contributed by atoms with Crippen LogP contribution in [0.1, 0.15) is 28.1 Å². The zero-order valence-electron chi connectivity index (χ0n) is 13.0. The van der Waals surface area contributed by atoms with Crippen LogP contribution < -0.4 is 5.32 Å². The van der Waals surface area contributed by atoms with Gasteiger partial charge in [0.1, 0.15) is 0 Å². The van der Waals surface area contributed by atoms with Gasteiger partial charge in [-0.1, -0.05) is 18.2 Å². The molecule has 1 N–H and O–H groups in total. The van der Waals surface area contributed by atoms with Crippen molar-refractivity contribution in [3.05, 3.63) is 70.7 Å². The second-order valence-electron chi connectivity index (χ2n) is 5.30. The Morgan fingerprint density at radius 3 is 2.79 bits per heavy atom. The zero-order valence-corrected chi connectivity index (χ0v) is 13.8. The summed E-state index contributed by atoms with van der Waals surface area (Å²) in [5.41, 5.74) is 1.93. The maximum Gasteiger partial charge on any atom is 0.220 e. The summed E-state index contributed by atoms with van der Waals surface area (Å²) in [6, 6.07) is 13.3. The van der Waals surface area contributed by atoms with Crippen molar-refractivity contribution < 1.29 is 9.59 Å². The van der Waals surface area contributed by atoms with Crippen LogP contribution in [0, 0.1) is 0 Å². The van der Waals surface area contributed by atoms with E-state index in [1.165, 1.54) is 11.3 Å². The van der Waals surface area contributed by atoms with E-state index in [0.717, 1.165) is 11.3 Å². The average molecular weight is 339 g/mol. The number of aromatic nitrogens is 2. The van der Waals surface area contributed by atoms with Crippen LogP contribution in [0.25, 0.3) is 5.69 Å². The van der Waals surface area contributed by atoms with Gasteiger partial charge in [-0.3, -0.25) is 9.59 Å². The molecule has 1 aromatic carbocycles. The Morgan fingerprint density at radius 2 is 2.04 bits per heavy atom. The molecule has 0 aliphatic heterocycles. The molecule has 0 bridgehead atoms. The standard InChI is InChI=1S/C18H17N3O2S/c22-16(17-6-2-11-24-17)7-8-18(23)19-13-14-4-1-5-15(12-14)21-10-3-9-20-21/h1-6,9-12H,7-8,13H2,(H,19,23). The molecule has 0 spiro atoms.